The second-order valence-electron chi connectivity index (χ2n) is 8.88. The zero-order valence-electron chi connectivity index (χ0n) is 19.8. The second-order valence-corrected chi connectivity index (χ2v) is 9.69. The molecule has 36 heavy (non-hydrogen) atoms. The first kappa shape index (κ1) is 26.0. The number of rotatable bonds is 10. The molecule has 6 nitrogen and oxygen atoms in total. The highest BCUT2D eigenvalue weighted by Crippen LogP contribution is 2.24. The number of ether oxygens (including phenoxy) is 1. The van der Waals surface area contributed by atoms with Crippen LogP contribution < -0.4 is 10.1 Å². The van der Waals surface area contributed by atoms with E-state index in [4.69, 9.17) is 32.9 Å². The Hall–Kier alpha value is -3.09. The standard InChI is InChI=1S/C28H28Cl2N2O4/c29-22-7-3-8-23(30)26(22)27(33)32-25(28(34)35)17-18-10-14-21(15-11-18)36-16-4-6-20-13-12-19-5-1-2-9-24(19)31-20/h3,7-8,10-15,25H,1-2,4-6,9,16-17H2,(H,32,33)(H,34,35)/t25-/m0/s1. The lowest BCUT2D eigenvalue weighted by atomic mass is 9.95. The molecule has 1 aromatic heterocycles. The first-order chi connectivity index (χ1) is 17.4. The Balaban J connectivity index is 1.27. The Morgan fingerprint density at radius 3 is 2.44 bits per heavy atom. The second kappa shape index (κ2) is 12.2. The molecule has 0 unspecified atom stereocenters. The number of carboxylic acids is 1. The van der Waals surface area contributed by atoms with Gasteiger partial charge in [0, 0.05) is 17.8 Å². The number of nitrogens with one attached hydrogen (secondary N) is 1. The molecule has 1 heterocycles. The van der Waals surface area contributed by atoms with Crippen LogP contribution in [0.4, 0.5) is 0 Å². The van der Waals surface area contributed by atoms with Crippen molar-refractivity contribution in [2.45, 2.75) is 51.0 Å². The van der Waals surface area contributed by atoms with Crippen molar-refractivity contribution in [1.82, 2.24) is 10.3 Å². The molecule has 1 amide bonds. The molecular weight excluding hydrogens is 499 g/mol. The number of fused-ring (bicyclic) bond motifs is 1. The molecule has 4 rings (SSSR count). The molecule has 8 heteroatoms. The van der Waals surface area contributed by atoms with Gasteiger partial charge in [-0.1, -0.05) is 47.5 Å². The maximum atomic E-state index is 12.6. The van der Waals surface area contributed by atoms with Crippen molar-refractivity contribution < 1.29 is 19.4 Å². The minimum absolute atomic E-state index is 0.0569. The number of benzene rings is 2. The molecule has 2 N–H and O–H groups in total. The van der Waals surface area contributed by atoms with Crippen molar-refractivity contribution >= 4 is 35.1 Å². The molecule has 188 valence electrons. The summed E-state index contributed by atoms with van der Waals surface area (Å²) in [5.41, 5.74) is 4.55. The van der Waals surface area contributed by atoms with Crippen LogP contribution in [-0.4, -0.2) is 34.6 Å². The largest absolute Gasteiger partial charge is 0.494 e. The van der Waals surface area contributed by atoms with Crippen molar-refractivity contribution in [2.75, 3.05) is 6.61 Å². The van der Waals surface area contributed by atoms with E-state index in [1.165, 1.54) is 36.2 Å². The number of aliphatic carboxylic acids is 1. The normalized spacial score (nSPS) is 13.5. The number of hydrogen-bond acceptors (Lipinski definition) is 4. The van der Waals surface area contributed by atoms with Gasteiger partial charge in [0.15, 0.2) is 0 Å². The zero-order valence-corrected chi connectivity index (χ0v) is 21.3. The minimum Gasteiger partial charge on any atom is -0.494 e. The van der Waals surface area contributed by atoms with Gasteiger partial charge in [0.25, 0.3) is 5.91 Å². The van der Waals surface area contributed by atoms with Gasteiger partial charge >= 0.3 is 5.97 Å². The van der Waals surface area contributed by atoms with Gasteiger partial charge in [0.1, 0.15) is 11.8 Å². The summed E-state index contributed by atoms with van der Waals surface area (Å²) in [5, 5.41) is 12.4. The van der Waals surface area contributed by atoms with E-state index >= 15 is 0 Å². The predicted octanol–water partition coefficient (Wildman–Crippen LogP) is 5.70. The van der Waals surface area contributed by atoms with Crippen molar-refractivity contribution in [3.8, 4) is 5.75 Å². The minimum atomic E-state index is -1.15. The number of amides is 1. The third-order valence-corrected chi connectivity index (χ3v) is 6.87. The van der Waals surface area contributed by atoms with Gasteiger partial charge in [-0.3, -0.25) is 9.78 Å². The van der Waals surface area contributed by atoms with Crippen LogP contribution in [0.5, 0.6) is 5.75 Å². The first-order valence-electron chi connectivity index (χ1n) is 12.1. The number of carbonyl (C=O) groups is 2. The maximum Gasteiger partial charge on any atom is 0.326 e. The Kier molecular flexibility index (Phi) is 8.83. The quantitative estimate of drug-likeness (QED) is 0.330. The average molecular weight is 527 g/mol. The highest BCUT2D eigenvalue weighted by molar-refractivity contribution is 6.39. The predicted molar refractivity (Wildman–Crippen MR) is 140 cm³/mol. The third kappa shape index (κ3) is 6.77. The monoisotopic (exact) mass is 526 g/mol. The highest BCUT2D eigenvalue weighted by Gasteiger charge is 2.23. The lowest BCUT2D eigenvalue weighted by molar-refractivity contribution is -0.139. The van der Waals surface area contributed by atoms with E-state index < -0.39 is 17.9 Å². The summed E-state index contributed by atoms with van der Waals surface area (Å²) < 4.78 is 5.85. The molecule has 0 saturated heterocycles. The number of aryl methyl sites for hydroxylation is 3. The summed E-state index contributed by atoms with van der Waals surface area (Å²) in [6, 6.07) is 15.1. The number of nitrogens with zero attached hydrogens (tertiary/aromatic N) is 1. The lowest BCUT2D eigenvalue weighted by Crippen LogP contribution is -2.42. The number of halogens is 2. The van der Waals surface area contributed by atoms with Gasteiger partial charge in [-0.05, 0) is 80.0 Å². The number of carboxylic acid groups (broad SMARTS) is 1. The fourth-order valence-corrected chi connectivity index (χ4v) is 4.88. The molecule has 0 radical (unpaired) electrons. The number of pyridine rings is 1. The molecule has 0 fully saturated rings. The molecule has 0 aliphatic heterocycles. The molecule has 0 spiro atoms. The molecule has 0 saturated carbocycles. The van der Waals surface area contributed by atoms with Crippen molar-refractivity contribution in [1.29, 1.82) is 0 Å². The SMILES string of the molecule is O=C(N[C@@H](Cc1ccc(OCCCc2ccc3c(n2)CCCC3)cc1)C(=O)O)c1c(Cl)cccc1Cl. The zero-order chi connectivity index (χ0) is 25.5. The van der Waals surface area contributed by atoms with E-state index in [-0.39, 0.29) is 22.0 Å². The fourth-order valence-electron chi connectivity index (χ4n) is 4.31. The lowest BCUT2D eigenvalue weighted by Gasteiger charge is -2.16. The molecular formula is C28H28Cl2N2O4. The van der Waals surface area contributed by atoms with Gasteiger partial charge in [-0.2, -0.15) is 0 Å². The van der Waals surface area contributed by atoms with Crippen LogP contribution in [0.3, 0.4) is 0 Å². The Bertz CT molecular complexity index is 1210. The van der Waals surface area contributed by atoms with E-state index in [0.717, 1.165) is 36.9 Å². The van der Waals surface area contributed by atoms with Crippen molar-refractivity contribution in [3.63, 3.8) is 0 Å². The highest BCUT2D eigenvalue weighted by atomic mass is 35.5. The van der Waals surface area contributed by atoms with Crippen LogP contribution in [0.25, 0.3) is 0 Å². The van der Waals surface area contributed by atoms with E-state index in [2.05, 4.69) is 17.4 Å². The summed E-state index contributed by atoms with van der Waals surface area (Å²) in [6.07, 6.45) is 6.50. The third-order valence-electron chi connectivity index (χ3n) is 6.24. The van der Waals surface area contributed by atoms with Gasteiger partial charge in [-0.15, -0.1) is 0 Å². The molecule has 1 atom stereocenters. The van der Waals surface area contributed by atoms with Gasteiger partial charge in [0.05, 0.1) is 22.2 Å². The van der Waals surface area contributed by atoms with E-state index in [0.29, 0.717) is 12.4 Å². The van der Waals surface area contributed by atoms with Crippen LogP contribution in [0, 0.1) is 0 Å². The van der Waals surface area contributed by atoms with Crippen LogP contribution in [0.2, 0.25) is 10.0 Å². The van der Waals surface area contributed by atoms with Gasteiger partial charge in [0.2, 0.25) is 0 Å². The van der Waals surface area contributed by atoms with Crippen molar-refractivity contribution in [3.05, 3.63) is 92.7 Å². The number of hydrogen-bond donors (Lipinski definition) is 2. The summed E-state index contributed by atoms with van der Waals surface area (Å²) in [5.74, 6) is -1.08. The van der Waals surface area contributed by atoms with Crippen molar-refractivity contribution in [2.24, 2.45) is 0 Å². The molecule has 1 aliphatic rings. The van der Waals surface area contributed by atoms with Gasteiger partial charge in [-0.25, -0.2) is 4.79 Å². The summed E-state index contributed by atoms with van der Waals surface area (Å²) in [7, 11) is 0. The van der Waals surface area contributed by atoms with Crippen LogP contribution in [0.1, 0.15) is 52.1 Å². The van der Waals surface area contributed by atoms with E-state index in [1.807, 2.05) is 0 Å². The first-order valence-corrected chi connectivity index (χ1v) is 12.8. The van der Waals surface area contributed by atoms with Crippen LogP contribution in [0.15, 0.2) is 54.6 Å². The smallest absolute Gasteiger partial charge is 0.326 e. The van der Waals surface area contributed by atoms with E-state index in [1.54, 1.807) is 30.3 Å². The summed E-state index contributed by atoms with van der Waals surface area (Å²) >= 11 is 12.1. The summed E-state index contributed by atoms with van der Waals surface area (Å²) in [6.45, 7) is 0.560. The van der Waals surface area contributed by atoms with E-state index in [9.17, 15) is 14.7 Å². The fraction of sp³-hybridized carbons (Fsp3) is 0.321. The Morgan fingerprint density at radius 2 is 1.72 bits per heavy atom. The average Bonchev–Trinajstić information content (AvgIpc) is 2.87. The number of carbonyl (C=O) groups excluding carboxylic acids is 1. The maximum absolute atomic E-state index is 12.6. The molecule has 2 aromatic carbocycles. The van der Waals surface area contributed by atoms with Crippen LogP contribution in [-0.2, 0) is 30.5 Å². The topological polar surface area (TPSA) is 88.5 Å². The molecule has 3 aromatic rings. The van der Waals surface area contributed by atoms with Crippen LogP contribution >= 0.6 is 23.2 Å². The Morgan fingerprint density at radius 1 is 1.00 bits per heavy atom. The summed E-state index contributed by atoms with van der Waals surface area (Å²) in [4.78, 5) is 29.2. The number of aromatic nitrogens is 1. The molecule has 0 bridgehead atoms. The van der Waals surface area contributed by atoms with Gasteiger partial charge < -0.3 is 15.2 Å². The Labute approximate surface area is 220 Å². The molecule has 1 aliphatic carbocycles.